The van der Waals surface area contributed by atoms with E-state index in [2.05, 4.69) is 76.2 Å². The Balaban J connectivity index is 0.00000433. The standard InChI is InChI=1S/C39H44O7.CH4/c1-38(2,29-9-17-34(18-10-29)43-23-36-25-45-36)27-5-13-32(14-6-27)41-21-31(40)22-42-33-15-7-28(8-16-33)39(3,4)30-11-19-35(20-12-30)44-24-37-26-46-37;/h5-20,31,36-37,40H,21-26H2,1-4H3;1H4. The SMILES string of the molecule is C.CC(C)(c1ccc(OCC(O)COc2ccc(C(C)(C)c3ccc(OCC4CO4)cc3)cc2)cc1)c1ccc(OCC2CO2)cc1. The average Bonchev–Trinajstić information content (AvgIpc) is 4.01. The number of aliphatic hydroxyl groups is 1. The summed E-state index contributed by atoms with van der Waals surface area (Å²) < 4.78 is 33.7. The van der Waals surface area contributed by atoms with Gasteiger partial charge in [0.1, 0.15) is 67.7 Å². The van der Waals surface area contributed by atoms with E-state index in [4.69, 9.17) is 28.4 Å². The van der Waals surface area contributed by atoms with Crippen LogP contribution in [0.2, 0.25) is 0 Å². The summed E-state index contributed by atoms with van der Waals surface area (Å²) in [6, 6.07) is 32.6. The molecule has 0 aliphatic carbocycles. The van der Waals surface area contributed by atoms with Gasteiger partial charge in [0.05, 0.1) is 13.2 Å². The van der Waals surface area contributed by atoms with Crippen LogP contribution in [0.5, 0.6) is 23.0 Å². The van der Waals surface area contributed by atoms with Crippen LogP contribution in [-0.2, 0) is 20.3 Å². The molecule has 0 saturated carbocycles. The maximum Gasteiger partial charge on any atom is 0.122 e. The largest absolute Gasteiger partial charge is 0.491 e. The average molecular weight is 641 g/mol. The molecule has 4 aromatic rings. The van der Waals surface area contributed by atoms with Gasteiger partial charge in [-0.2, -0.15) is 0 Å². The molecule has 2 heterocycles. The summed E-state index contributed by atoms with van der Waals surface area (Å²) in [6.07, 6.45) is -0.289. The van der Waals surface area contributed by atoms with Crippen molar-refractivity contribution in [3.8, 4) is 23.0 Å². The van der Waals surface area contributed by atoms with Crippen molar-refractivity contribution in [1.82, 2.24) is 0 Å². The highest BCUT2D eigenvalue weighted by Crippen LogP contribution is 2.35. The monoisotopic (exact) mass is 640 g/mol. The van der Waals surface area contributed by atoms with Gasteiger partial charge in [-0.25, -0.2) is 0 Å². The van der Waals surface area contributed by atoms with Crippen molar-refractivity contribution in [2.75, 3.05) is 39.6 Å². The molecule has 7 heteroatoms. The van der Waals surface area contributed by atoms with Gasteiger partial charge in [0.15, 0.2) is 0 Å². The number of epoxide rings is 2. The molecule has 2 unspecified atom stereocenters. The molecule has 1 N–H and O–H groups in total. The highest BCUT2D eigenvalue weighted by molar-refractivity contribution is 5.43. The van der Waals surface area contributed by atoms with Crippen LogP contribution in [0.1, 0.15) is 57.4 Å². The van der Waals surface area contributed by atoms with E-state index in [0.717, 1.165) is 24.7 Å². The zero-order valence-electron chi connectivity index (χ0n) is 27.1. The Hall–Kier alpha value is -4.04. The molecule has 2 atom stereocenters. The molecule has 2 aliphatic heterocycles. The third-order valence-corrected chi connectivity index (χ3v) is 8.87. The molecule has 0 spiro atoms. The van der Waals surface area contributed by atoms with Crippen molar-refractivity contribution in [2.45, 2.75) is 64.3 Å². The van der Waals surface area contributed by atoms with Gasteiger partial charge in [-0.05, 0) is 70.8 Å². The first kappa shape index (κ1) is 34.3. The predicted octanol–water partition coefficient (Wildman–Crippen LogP) is 7.35. The van der Waals surface area contributed by atoms with Crippen molar-refractivity contribution in [2.24, 2.45) is 0 Å². The van der Waals surface area contributed by atoms with E-state index in [1.54, 1.807) is 0 Å². The van der Waals surface area contributed by atoms with Gasteiger partial charge in [-0.15, -0.1) is 0 Å². The Kier molecular flexibility index (Phi) is 10.8. The minimum Gasteiger partial charge on any atom is -0.491 e. The molecule has 47 heavy (non-hydrogen) atoms. The van der Waals surface area contributed by atoms with E-state index < -0.39 is 6.10 Å². The molecule has 7 nitrogen and oxygen atoms in total. The number of hydrogen-bond acceptors (Lipinski definition) is 7. The summed E-state index contributed by atoms with van der Waals surface area (Å²) in [4.78, 5) is 0. The Bertz CT molecular complexity index is 1420. The van der Waals surface area contributed by atoms with Crippen molar-refractivity contribution in [1.29, 1.82) is 0 Å². The van der Waals surface area contributed by atoms with E-state index in [-0.39, 0.29) is 43.7 Å². The normalized spacial score (nSPS) is 17.6. The van der Waals surface area contributed by atoms with Crippen LogP contribution < -0.4 is 18.9 Å². The van der Waals surface area contributed by atoms with Crippen LogP contribution in [0.15, 0.2) is 97.1 Å². The van der Waals surface area contributed by atoms with Crippen LogP contribution in [0.3, 0.4) is 0 Å². The second-order valence-corrected chi connectivity index (χ2v) is 13.2. The fourth-order valence-corrected chi connectivity index (χ4v) is 5.34. The maximum atomic E-state index is 10.5. The fraction of sp³-hybridized carbons (Fsp3) is 0.400. The minimum atomic E-state index is -0.772. The van der Waals surface area contributed by atoms with Gasteiger partial charge in [0, 0.05) is 10.8 Å². The highest BCUT2D eigenvalue weighted by atomic mass is 16.6. The number of ether oxygens (including phenoxy) is 6. The summed E-state index contributed by atoms with van der Waals surface area (Å²) in [6.45, 7) is 11.8. The minimum absolute atomic E-state index is 0. The summed E-state index contributed by atoms with van der Waals surface area (Å²) in [5.41, 5.74) is 4.33. The summed E-state index contributed by atoms with van der Waals surface area (Å²) >= 11 is 0. The van der Waals surface area contributed by atoms with Crippen molar-refractivity contribution < 1.29 is 33.5 Å². The molecule has 250 valence electrons. The molecule has 0 amide bonds. The van der Waals surface area contributed by atoms with Crippen molar-refractivity contribution in [3.63, 3.8) is 0 Å². The predicted molar refractivity (Wildman–Crippen MR) is 184 cm³/mol. The first-order valence-corrected chi connectivity index (χ1v) is 16.0. The van der Waals surface area contributed by atoms with Crippen LogP contribution in [0.25, 0.3) is 0 Å². The molecule has 6 rings (SSSR count). The quantitative estimate of drug-likeness (QED) is 0.128. The van der Waals surface area contributed by atoms with Gasteiger partial charge in [0.2, 0.25) is 0 Å². The maximum absolute atomic E-state index is 10.5. The van der Waals surface area contributed by atoms with E-state index in [1.807, 2.05) is 48.5 Å². The van der Waals surface area contributed by atoms with E-state index in [9.17, 15) is 5.11 Å². The Labute approximate surface area is 279 Å². The zero-order valence-corrected chi connectivity index (χ0v) is 27.1. The first-order chi connectivity index (χ1) is 22.2. The molecular weight excluding hydrogens is 592 g/mol. The molecule has 2 aliphatic rings. The van der Waals surface area contributed by atoms with E-state index in [0.29, 0.717) is 24.7 Å². The van der Waals surface area contributed by atoms with Crippen LogP contribution in [0, 0.1) is 0 Å². The third kappa shape index (κ3) is 9.07. The Morgan fingerprint density at radius 2 is 0.787 bits per heavy atom. The van der Waals surface area contributed by atoms with Crippen molar-refractivity contribution in [3.05, 3.63) is 119 Å². The fourth-order valence-electron chi connectivity index (χ4n) is 5.34. The summed E-state index contributed by atoms with van der Waals surface area (Å²) in [7, 11) is 0. The molecule has 0 radical (unpaired) electrons. The van der Waals surface area contributed by atoms with Crippen LogP contribution >= 0.6 is 0 Å². The lowest BCUT2D eigenvalue weighted by molar-refractivity contribution is 0.0626. The van der Waals surface area contributed by atoms with Crippen LogP contribution in [-0.4, -0.2) is 63.1 Å². The lowest BCUT2D eigenvalue weighted by Gasteiger charge is -2.26. The zero-order chi connectivity index (χ0) is 32.1. The lowest BCUT2D eigenvalue weighted by atomic mass is 9.78. The van der Waals surface area contributed by atoms with Gasteiger partial charge < -0.3 is 33.5 Å². The molecule has 0 aromatic heterocycles. The number of hydrogen-bond donors (Lipinski definition) is 1. The summed E-state index contributed by atoms with van der Waals surface area (Å²) in [5, 5.41) is 10.5. The van der Waals surface area contributed by atoms with Gasteiger partial charge >= 0.3 is 0 Å². The van der Waals surface area contributed by atoms with Crippen LogP contribution in [0.4, 0.5) is 0 Å². The highest BCUT2D eigenvalue weighted by Gasteiger charge is 2.26. The lowest BCUT2D eigenvalue weighted by Crippen LogP contribution is -2.25. The number of benzene rings is 4. The third-order valence-electron chi connectivity index (χ3n) is 8.87. The van der Waals surface area contributed by atoms with Gasteiger partial charge in [0.25, 0.3) is 0 Å². The number of rotatable bonds is 16. The van der Waals surface area contributed by atoms with Crippen molar-refractivity contribution >= 4 is 0 Å². The topological polar surface area (TPSA) is 82.2 Å². The van der Waals surface area contributed by atoms with Gasteiger partial charge in [-0.1, -0.05) is 83.7 Å². The van der Waals surface area contributed by atoms with E-state index in [1.165, 1.54) is 22.3 Å². The second kappa shape index (κ2) is 14.8. The number of aliphatic hydroxyl groups excluding tert-OH is 1. The first-order valence-electron chi connectivity index (χ1n) is 16.0. The second-order valence-electron chi connectivity index (χ2n) is 13.2. The molecule has 4 aromatic carbocycles. The molecule has 2 fully saturated rings. The van der Waals surface area contributed by atoms with Gasteiger partial charge in [-0.3, -0.25) is 0 Å². The summed E-state index contributed by atoms with van der Waals surface area (Å²) in [5.74, 6) is 3.11. The molecule has 2 saturated heterocycles. The van der Waals surface area contributed by atoms with E-state index >= 15 is 0 Å². The molecular formula is C40H48O7. The smallest absolute Gasteiger partial charge is 0.122 e. The Morgan fingerprint density at radius 3 is 1.04 bits per heavy atom. The Morgan fingerprint density at radius 1 is 0.532 bits per heavy atom. The molecule has 0 bridgehead atoms.